The van der Waals surface area contributed by atoms with Crippen molar-refractivity contribution in [2.45, 2.75) is 183 Å². The van der Waals surface area contributed by atoms with Crippen LogP contribution in [-0.2, 0) is 14.4 Å². The Balaban J connectivity index is 0.000000269. The van der Waals surface area contributed by atoms with E-state index in [0.717, 1.165) is 97.1 Å². The Morgan fingerprint density at radius 2 is 1.11 bits per heavy atom. The number of nitrogens with two attached hydrogens (primary N) is 1. The summed E-state index contributed by atoms with van der Waals surface area (Å²) in [6.07, 6.45) is 17.5. The molecule has 0 radical (unpaired) electrons. The first-order chi connectivity index (χ1) is 29.1. The highest BCUT2D eigenvalue weighted by molar-refractivity contribution is 5.75. The van der Waals surface area contributed by atoms with E-state index in [1.165, 1.54) is 36.8 Å². The molecule has 6 aliphatic carbocycles. The van der Waals surface area contributed by atoms with E-state index < -0.39 is 11.9 Å². The Morgan fingerprint density at radius 3 is 1.48 bits per heavy atom. The molecule has 0 saturated heterocycles. The second-order valence-electron chi connectivity index (χ2n) is 21.4. The van der Waals surface area contributed by atoms with Gasteiger partial charge in [0.25, 0.3) is 5.97 Å². The predicted octanol–water partition coefficient (Wildman–Crippen LogP) is 8.52. The summed E-state index contributed by atoms with van der Waals surface area (Å²) < 4.78 is 0. The highest BCUT2D eigenvalue weighted by Crippen LogP contribution is 2.65. The van der Waals surface area contributed by atoms with Crippen molar-refractivity contribution in [3.05, 3.63) is 24.3 Å². The summed E-state index contributed by atoms with van der Waals surface area (Å²) in [7, 11) is 0. The van der Waals surface area contributed by atoms with Crippen LogP contribution in [0.2, 0.25) is 0 Å². The summed E-state index contributed by atoms with van der Waals surface area (Å²) in [6.45, 7) is 25.2. The number of unbranched alkanes of at least 4 members (excludes halogenated alkanes) is 1. The van der Waals surface area contributed by atoms with Crippen molar-refractivity contribution in [2.75, 3.05) is 26.3 Å². The molecule has 6 rings (SSSR count). The van der Waals surface area contributed by atoms with E-state index in [2.05, 4.69) is 46.2 Å². The lowest BCUT2D eigenvalue weighted by Crippen LogP contribution is -2.53. The number of aliphatic hydroxyl groups is 4. The van der Waals surface area contributed by atoms with Gasteiger partial charge in [-0.25, -0.2) is 0 Å². The number of carbonyl (C=O) groups is 3. The van der Waals surface area contributed by atoms with E-state index in [-0.39, 0.29) is 64.8 Å². The molecule has 0 aromatic carbocycles. The molecule has 358 valence electrons. The van der Waals surface area contributed by atoms with Gasteiger partial charge in [-0.05, 0) is 178 Å². The van der Waals surface area contributed by atoms with Gasteiger partial charge in [-0.2, -0.15) is 0 Å². The molecule has 0 aromatic rings. The largest absolute Gasteiger partial charge is 0.481 e. The lowest BCUT2D eigenvalue weighted by atomic mass is 9.49. The van der Waals surface area contributed by atoms with Crippen LogP contribution in [0.1, 0.15) is 170 Å². The second-order valence-corrected chi connectivity index (χ2v) is 21.4. The Labute approximate surface area is 375 Å². The van der Waals surface area contributed by atoms with Crippen molar-refractivity contribution in [1.29, 1.82) is 0 Å². The molecule has 6 aliphatic rings. The lowest BCUT2D eigenvalue weighted by Gasteiger charge is -2.56. The number of rotatable bonds is 12. The molecule has 14 atom stereocenters. The number of carboxylic acid groups (broad SMARTS) is 2. The topological polar surface area (TPSA) is 211 Å². The zero-order chi connectivity index (χ0) is 46.6. The molecule has 0 unspecified atom stereocenters. The van der Waals surface area contributed by atoms with Crippen LogP contribution in [-0.4, -0.2) is 87.0 Å². The number of hydrogen-bond acceptors (Lipinski definition) is 8. The number of aliphatic hydroxyl groups excluding tert-OH is 4. The van der Waals surface area contributed by atoms with Crippen molar-refractivity contribution >= 4 is 17.8 Å². The summed E-state index contributed by atoms with van der Waals surface area (Å²) in [5.74, 6) is 2.20. The summed E-state index contributed by atoms with van der Waals surface area (Å²) >= 11 is 0. The van der Waals surface area contributed by atoms with Crippen LogP contribution in [0.4, 0.5) is 0 Å². The second kappa shape index (κ2) is 23.7. The Hall–Kier alpha value is -2.31. The van der Waals surface area contributed by atoms with Gasteiger partial charge in [0.1, 0.15) is 0 Å². The minimum atomic E-state index is -0.833. The number of fused-ring (bicyclic) bond motifs is 2. The van der Waals surface area contributed by atoms with Crippen LogP contribution >= 0.6 is 0 Å². The summed E-state index contributed by atoms with van der Waals surface area (Å²) in [4.78, 5) is 31.0. The standard InChI is InChI=1S/C24H41NO3.C20H35NO2.C5H10O2.C2H4O2/c1-5-6-22(28)25-14-19-20-8-7-16(2)23(20,3)12-10-21(19)24(4)11-9-18(27)13-17(24)15-26;1-13-4-5-17-16(11-21)18(7-9-19(13,17)2)20(3)8-6-15(23)10-14(20)12-22;1-2-3-4-5(6)7;1-2(3)4/h17-21,26-27H,2,5-15H2,1,3-4H3,(H,25,28);14-18,22-23H,1,4-12,21H2,2-3H3;2-4H2,1H3,(H,6,7);1H3,(H,3,4)/t17-,18+,19+,20+,21+,23-,24+;14-,15+,16+,17+,18+,19-,20+;;/m11../s1. The number of amides is 1. The molecule has 0 aromatic heterocycles. The molecule has 11 heteroatoms. The van der Waals surface area contributed by atoms with Crippen LogP contribution < -0.4 is 11.1 Å². The molecule has 11 nitrogen and oxygen atoms in total. The van der Waals surface area contributed by atoms with Crippen LogP contribution in [0.3, 0.4) is 0 Å². The van der Waals surface area contributed by atoms with Crippen LogP contribution in [0.15, 0.2) is 24.3 Å². The first kappa shape index (κ1) is 54.0. The predicted molar refractivity (Wildman–Crippen MR) is 247 cm³/mol. The van der Waals surface area contributed by atoms with Gasteiger partial charge < -0.3 is 41.7 Å². The van der Waals surface area contributed by atoms with E-state index in [9.17, 15) is 30.0 Å². The fourth-order valence-corrected chi connectivity index (χ4v) is 13.9. The Bertz CT molecular complexity index is 1480. The average Bonchev–Trinajstić information content (AvgIpc) is 3.70. The molecular weight excluding hydrogens is 785 g/mol. The van der Waals surface area contributed by atoms with Gasteiger partial charge in [0.2, 0.25) is 5.91 Å². The minimum absolute atomic E-state index is 0.0272. The van der Waals surface area contributed by atoms with Gasteiger partial charge in [-0.1, -0.05) is 72.3 Å². The van der Waals surface area contributed by atoms with Crippen LogP contribution in [0.25, 0.3) is 0 Å². The fourth-order valence-electron chi connectivity index (χ4n) is 13.9. The number of allylic oxidation sites excluding steroid dienone is 2. The van der Waals surface area contributed by atoms with Gasteiger partial charge in [-0.15, -0.1) is 0 Å². The van der Waals surface area contributed by atoms with Crippen LogP contribution in [0.5, 0.6) is 0 Å². The van der Waals surface area contributed by atoms with E-state index >= 15 is 0 Å². The zero-order valence-electron chi connectivity index (χ0n) is 39.9. The number of aliphatic carboxylic acids is 2. The van der Waals surface area contributed by atoms with Crippen molar-refractivity contribution in [1.82, 2.24) is 5.32 Å². The fraction of sp³-hybridized carbons (Fsp3) is 0.863. The van der Waals surface area contributed by atoms with Crippen LogP contribution in [0, 0.1) is 69.0 Å². The molecule has 0 bridgehead atoms. The molecule has 6 fully saturated rings. The normalized spacial score (nSPS) is 39.9. The molecule has 9 N–H and O–H groups in total. The average molecular weight is 875 g/mol. The van der Waals surface area contributed by atoms with E-state index in [0.29, 0.717) is 54.8 Å². The molecule has 62 heavy (non-hydrogen) atoms. The Morgan fingerprint density at radius 1 is 0.677 bits per heavy atom. The maximum Gasteiger partial charge on any atom is 0.303 e. The van der Waals surface area contributed by atoms with Gasteiger partial charge in [-0.3, -0.25) is 14.4 Å². The molecule has 6 saturated carbocycles. The number of carboxylic acids is 2. The van der Waals surface area contributed by atoms with E-state index in [4.69, 9.17) is 20.7 Å². The highest BCUT2D eigenvalue weighted by Gasteiger charge is 2.58. The first-order valence-electron chi connectivity index (χ1n) is 24.5. The molecule has 1 amide bonds. The first-order valence-corrected chi connectivity index (χ1v) is 24.5. The van der Waals surface area contributed by atoms with Gasteiger partial charge in [0, 0.05) is 39.5 Å². The maximum atomic E-state index is 12.2. The number of nitrogens with one attached hydrogen (secondary N) is 1. The van der Waals surface area contributed by atoms with Crippen molar-refractivity contribution in [3.8, 4) is 0 Å². The molecule has 0 spiro atoms. The summed E-state index contributed by atoms with van der Waals surface area (Å²) in [5.41, 5.74) is 9.73. The third-order valence-electron chi connectivity index (χ3n) is 18.0. The third kappa shape index (κ3) is 12.5. The van der Waals surface area contributed by atoms with Crippen molar-refractivity contribution in [3.63, 3.8) is 0 Å². The number of hydrogen-bond donors (Lipinski definition) is 8. The minimum Gasteiger partial charge on any atom is -0.481 e. The van der Waals surface area contributed by atoms with Gasteiger partial charge >= 0.3 is 5.97 Å². The van der Waals surface area contributed by atoms with Gasteiger partial charge in [0.15, 0.2) is 0 Å². The molecule has 0 heterocycles. The monoisotopic (exact) mass is 875 g/mol. The lowest BCUT2D eigenvalue weighted by molar-refractivity contribution is -0.137. The third-order valence-corrected chi connectivity index (χ3v) is 18.0. The number of carbonyl (C=O) groups excluding carboxylic acids is 1. The molecular formula is C51H90N2O9. The van der Waals surface area contributed by atoms with Crippen molar-refractivity contribution < 1.29 is 45.0 Å². The van der Waals surface area contributed by atoms with Gasteiger partial charge in [0.05, 0.1) is 12.2 Å². The quantitative estimate of drug-likeness (QED) is 0.0876. The highest BCUT2D eigenvalue weighted by atomic mass is 16.4. The SMILES string of the molecule is C=C1CC[C@H]2[C@H](CN)[C@@H]([C@@]3(C)CC[C@H](O)C[C@@H]3CO)CC[C@]12C.C=C1CC[C@H]2[C@H](CNC(=O)CCC)[C@@H]([C@@]3(C)CC[C@H](O)C[C@@H]3CO)CC[C@]12C.CC(=O)O.CCCCC(=O)O. The Kier molecular flexibility index (Phi) is 20.7. The molecule has 0 aliphatic heterocycles. The van der Waals surface area contributed by atoms with E-state index in [1.54, 1.807) is 0 Å². The maximum absolute atomic E-state index is 12.2. The zero-order valence-corrected chi connectivity index (χ0v) is 39.9. The summed E-state index contributed by atoms with van der Waals surface area (Å²) in [6, 6.07) is 0. The summed E-state index contributed by atoms with van der Waals surface area (Å²) in [5, 5.41) is 59.0. The van der Waals surface area contributed by atoms with Crippen molar-refractivity contribution in [2.24, 2.45) is 74.7 Å². The van der Waals surface area contributed by atoms with E-state index in [1.807, 2.05) is 13.8 Å². The smallest absolute Gasteiger partial charge is 0.303 e.